The first-order chi connectivity index (χ1) is 5.70. The molecule has 0 aromatic carbocycles. The van der Waals surface area contributed by atoms with Gasteiger partial charge in [-0.05, 0) is 12.1 Å². The molecule has 1 aromatic heterocycles. The van der Waals surface area contributed by atoms with E-state index in [1.54, 1.807) is 6.07 Å². The molecule has 0 saturated carbocycles. The Morgan fingerprint density at radius 2 is 2.42 bits per heavy atom. The van der Waals surface area contributed by atoms with Gasteiger partial charge in [0.1, 0.15) is 11.4 Å². The van der Waals surface area contributed by atoms with E-state index in [9.17, 15) is 4.79 Å². The molecule has 1 rings (SSSR count). The Morgan fingerprint density at radius 3 is 3.00 bits per heavy atom. The first kappa shape index (κ1) is 8.32. The maximum atomic E-state index is 10.1. The zero-order valence-corrected chi connectivity index (χ0v) is 6.19. The monoisotopic (exact) mass is 168 g/mol. The van der Waals surface area contributed by atoms with Crippen molar-refractivity contribution < 1.29 is 15.0 Å². The molecule has 0 fully saturated rings. The van der Waals surface area contributed by atoms with Crippen LogP contribution in [0.3, 0.4) is 0 Å². The van der Waals surface area contributed by atoms with Crippen molar-refractivity contribution in [2.45, 2.75) is 6.54 Å². The molecule has 1 aromatic rings. The number of pyridine rings is 1. The summed E-state index contributed by atoms with van der Waals surface area (Å²) in [6.07, 6.45) is 0.346. The first-order valence-corrected chi connectivity index (χ1v) is 3.30. The molecular formula is C7H8N2O3. The van der Waals surface area contributed by atoms with Crippen molar-refractivity contribution in [3.05, 3.63) is 24.0 Å². The smallest absolute Gasteiger partial charge is 0.404 e. The van der Waals surface area contributed by atoms with Gasteiger partial charge in [-0.2, -0.15) is 0 Å². The zero-order chi connectivity index (χ0) is 8.97. The standard InChI is InChI=1S/C7H8N2O3/c10-6-2-1-3-8-5(6)4-9-7(11)12/h1-3,9-10H,4H2,(H,11,12). The summed E-state index contributed by atoms with van der Waals surface area (Å²) in [5.74, 6) is -0.00810. The van der Waals surface area contributed by atoms with Crippen LogP contribution in [0.15, 0.2) is 18.3 Å². The average Bonchev–Trinajstić information content (AvgIpc) is 2.03. The predicted molar refractivity (Wildman–Crippen MR) is 40.8 cm³/mol. The molecule has 0 atom stereocenters. The number of carboxylic acid groups (broad SMARTS) is 1. The fourth-order valence-corrected chi connectivity index (χ4v) is 0.725. The van der Waals surface area contributed by atoms with Gasteiger partial charge >= 0.3 is 6.09 Å². The highest BCUT2D eigenvalue weighted by molar-refractivity contribution is 5.64. The molecule has 0 aliphatic carbocycles. The molecule has 5 heteroatoms. The SMILES string of the molecule is O=C(O)NCc1ncccc1O. The minimum absolute atomic E-state index is 0.00810. The van der Waals surface area contributed by atoms with Gasteiger partial charge in [0.05, 0.1) is 6.54 Å². The number of nitrogens with one attached hydrogen (secondary N) is 1. The number of rotatable bonds is 2. The van der Waals surface area contributed by atoms with Crippen molar-refractivity contribution >= 4 is 6.09 Å². The lowest BCUT2D eigenvalue weighted by molar-refractivity contribution is 0.193. The summed E-state index contributed by atoms with van der Waals surface area (Å²) >= 11 is 0. The van der Waals surface area contributed by atoms with Crippen molar-refractivity contribution in [1.29, 1.82) is 0 Å². The Bertz CT molecular complexity index is 288. The number of amides is 1. The Morgan fingerprint density at radius 1 is 1.67 bits per heavy atom. The van der Waals surface area contributed by atoms with Gasteiger partial charge in [0.15, 0.2) is 0 Å². The lowest BCUT2D eigenvalue weighted by Crippen LogP contribution is -2.20. The van der Waals surface area contributed by atoms with E-state index in [-0.39, 0.29) is 12.3 Å². The van der Waals surface area contributed by atoms with Gasteiger partial charge in [0.25, 0.3) is 0 Å². The van der Waals surface area contributed by atoms with E-state index in [0.29, 0.717) is 5.69 Å². The second-order valence-corrected chi connectivity index (χ2v) is 2.13. The number of hydrogen-bond acceptors (Lipinski definition) is 3. The fourth-order valence-electron chi connectivity index (χ4n) is 0.725. The van der Waals surface area contributed by atoms with E-state index in [1.165, 1.54) is 12.3 Å². The minimum atomic E-state index is -1.14. The van der Waals surface area contributed by atoms with Crippen LogP contribution in [0.4, 0.5) is 4.79 Å². The van der Waals surface area contributed by atoms with Crippen molar-refractivity contribution in [3.8, 4) is 5.75 Å². The van der Waals surface area contributed by atoms with Crippen LogP contribution in [-0.2, 0) is 6.54 Å². The van der Waals surface area contributed by atoms with E-state index in [2.05, 4.69) is 10.3 Å². The summed E-state index contributed by atoms with van der Waals surface area (Å²) in [7, 11) is 0. The van der Waals surface area contributed by atoms with Crippen LogP contribution in [0.25, 0.3) is 0 Å². The number of aromatic hydroxyl groups is 1. The van der Waals surface area contributed by atoms with Gasteiger partial charge in [-0.3, -0.25) is 4.98 Å². The number of hydrogen-bond donors (Lipinski definition) is 3. The molecular weight excluding hydrogens is 160 g/mol. The third-order valence-electron chi connectivity index (χ3n) is 1.27. The van der Waals surface area contributed by atoms with Crippen LogP contribution in [0.2, 0.25) is 0 Å². The van der Waals surface area contributed by atoms with Crippen LogP contribution < -0.4 is 5.32 Å². The summed E-state index contributed by atoms with van der Waals surface area (Å²) in [6.45, 7) is 0.0159. The summed E-state index contributed by atoms with van der Waals surface area (Å²) < 4.78 is 0. The first-order valence-electron chi connectivity index (χ1n) is 3.30. The molecule has 0 bridgehead atoms. The highest BCUT2D eigenvalue weighted by Crippen LogP contribution is 2.11. The minimum Gasteiger partial charge on any atom is -0.506 e. The average molecular weight is 168 g/mol. The van der Waals surface area contributed by atoms with E-state index in [1.807, 2.05) is 0 Å². The highest BCUT2D eigenvalue weighted by atomic mass is 16.4. The quantitative estimate of drug-likeness (QED) is 0.602. The molecule has 12 heavy (non-hydrogen) atoms. The van der Waals surface area contributed by atoms with Crippen molar-refractivity contribution in [2.24, 2.45) is 0 Å². The normalized spacial score (nSPS) is 9.33. The number of aromatic nitrogens is 1. The topological polar surface area (TPSA) is 82.5 Å². The van der Waals surface area contributed by atoms with Crippen molar-refractivity contribution in [1.82, 2.24) is 10.3 Å². The van der Waals surface area contributed by atoms with E-state index in [4.69, 9.17) is 10.2 Å². The van der Waals surface area contributed by atoms with Crippen LogP contribution in [0, 0.1) is 0 Å². The predicted octanol–water partition coefficient (Wildman–Crippen LogP) is 0.555. The van der Waals surface area contributed by atoms with Gasteiger partial charge in [-0.15, -0.1) is 0 Å². The van der Waals surface area contributed by atoms with Crippen LogP contribution in [0.1, 0.15) is 5.69 Å². The van der Waals surface area contributed by atoms with E-state index >= 15 is 0 Å². The summed E-state index contributed by atoms with van der Waals surface area (Å²) in [6, 6.07) is 3.02. The Balaban J connectivity index is 2.63. The molecule has 3 N–H and O–H groups in total. The largest absolute Gasteiger partial charge is 0.506 e. The van der Waals surface area contributed by atoms with Gasteiger partial charge in [-0.25, -0.2) is 4.79 Å². The number of nitrogens with zero attached hydrogens (tertiary/aromatic N) is 1. The van der Waals surface area contributed by atoms with Gasteiger partial charge in [0, 0.05) is 6.20 Å². The maximum Gasteiger partial charge on any atom is 0.404 e. The molecule has 1 heterocycles. The molecule has 0 saturated heterocycles. The molecule has 1 amide bonds. The summed E-state index contributed by atoms with van der Waals surface area (Å²) in [5, 5.41) is 19.5. The Kier molecular flexibility index (Phi) is 2.47. The van der Waals surface area contributed by atoms with Gasteiger partial charge in [0.2, 0.25) is 0 Å². The summed E-state index contributed by atoms with van der Waals surface area (Å²) in [4.78, 5) is 13.8. The van der Waals surface area contributed by atoms with Crippen molar-refractivity contribution in [3.63, 3.8) is 0 Å². The van der Waals surface area contributed by atoms with Crippen LogP contribution in [0.5, 0.6) is 5.75 Å². The molecule has 0 aliphatic heterocycles. The second kappa shape index (κ2) is 3.56. The lowest BCUT2D eigenvalue weighted by atomic mass is 10.3. The van der Waals surface area contributed by atoms with E-state index in [0.717, 1.165) is 0 Å². The van der Waals surface area contributed by atoms with E-state index < -0.39 is 6.09 Å². The third-order valence-corrected chi connectivity index (χ3v) is 1.27. The van der Waals surface area contributed by atoms with Gasteiger partial charge < -0.3 is 15.5 Å². The number of carbonyl (C=O) groups is 1. The Labute approximate surface area is 68.7 Å². The Hall–Kier alpha value is -1.78. The second-order valence-electron chi connectivity index (χ2n) is 2.13. The summed E-state index contributed by atoms with van der Waals surface area (Å²) in [5.41, 5.74) is 0.319. The highest BCUT2D eigenvalue weighted by Gasteiger charge is 2.01. The maximum absolute atomic E-state index is 10.1. The molecule has 0 radical (unpaired) electrons. The third kappa shape index (κ3) is 2.12. The fraction of sp³-hybridized carbons (Fsp3) is 0.143. The van der Waals surface area contributed by atoms with Crippen LogP contribution >= 0.6 is 0 Å². The molecule has 64 valence electrons. The molecule has 0 aliphatic rings. The van der Waals surface area contributed by atoms with Crippen LogP contribution in [-0.4, -0.2) is 21.3 Å². The molecule has 0 unspecified atom stereocenters. The lowest BCUT2D eigenvalue weighted by Gasteiger charge is -2.01. The zero-order valence-electron chi connectivity index (χ0n) is 6.19. The molecule has 5 nitrogen and oxygen atoms in total. The van der Waals surface area contributed by atoms with Gasteiger partial charge in [-0.1, -0.05) is 0 Å². The molecule has 0 spiro atoms. The van der Waals surface area contributed by atoms with Crippen molar-refractivity contribution in [2.75, 3.05) is 0 Å².